The Morgan fingerprint density at radius 2 is 2.04 bits per heavy atom. The van der Waals surface area contributed by atoms with Gasteiger partial charge in [-0.3, -0.25) is 14.7 Å². The number of anilines is 1. The molecular formula is C37H36ClF2N7O3. The van der Waals surface area contributed by atoms with Gasteiger partial charge in [-0.1, -0.05) is 42.4 Å². The van der Waals surface area contributed by atoms with Crippen molar-refractivity contribution >= 4 is 45.0 Å². The van der Waals surface area contributed by atoms with Gasteiger partial charge in [-0.2, -0.15) is 15.2 Å². The number of halogens is 3. The Labute approximate surface area is 293 Å². The fourth-order valence-electron chi connectivity index (χ4n) is 7.88. The van der Waals surface area contributed by atoms with Gasteiger partial charge in [0.05, 0.1) is 40.6 Å². The number of pyridine rings is 1. The van der Waals surface area contributed by atoms with Crippen LogP contribution in [0.25, 0.3) is 32.9 Å². The van der Waals surface area contributed by atoms with Crippen LogP contribution in [-0.2, 0) is 4.79 Å². The summed E-state index contributed by atoms with van der Waals surface area (Å²) < 4.78 is 42.5. The summed E-state index contributed by atoms with van der Waals surface area (Å²) >= 11 is 6.58. The van der Waals surface area contributed by atoms with Crippen LogP contribution < -0.4 is 14.4 Å². The van der Waals surface area contributed by atoms with Crippen molar-refractivity contribution in [2.24, 2.45) is 0 Å². The highest BCUT2D eigenvalue weighted by molar-refractivity contribution is 6.37. The monoisotopic (exact) mass is 699 g/mol. The van der Waals surface area contributed by atoms with Crippen LogP contribution in [0.3, 0.4) is 0 Å². The van der Waals surface area contributed by atoms with E-state index in [-0.39, 0.29) is 36.1 Å². The largest absolute Gasteiger partial charge is 0.486 e. The topological polar surface area (TPSA) is 108 Å². The lowest BCUT2D eigenvalue weighted by Crippen LogP contribution is -2.55. The molecule has 13 heteroatoms. The summed E-state index contributed by atoms with van der Waals surface area (Å²) in [4.78, 5) is 33.3. The standard InChI is InChI=1S/C37H36ClF2N7O3/c1-2-29(48)47-16-15-45(20-24(47)11-13-41)35-27-18-42-32(26-6-3-5-22-7-10-28(40)31(38)30(22)26)34(50-25-8-9-25)33(27)43-36(44-35)49-21-37-12-4-14-46(37)19-23(39)17-37/h2-3,5-7,10,18,23-25H,1,4,8-9,11-12,14-17,19-21H2/t23-,24+,37+/m1/s1. The van der Waals surface area contributed by atoms with E-state index in [1.54, 1.807) is 17.2 Å². The molecule has 0 N–H and O–H groups in total. The molecule has 1 aliphatic carbocycles. The van der Waals surface area contributed by atoms with Crippen LogP contribution in [-0.4, -0.2) is 93.8 Å². The zero-order chi connectivity index (χ0) is 34.6. The first kappa shape index (κ1) is 32.6. The third kappa shape index (κ3) is 5.76. The van der Waals surface area contributed by atoms with Crippen molar-refractivity contribution in [3.63, 3.8) is 0 Å². The summed E-state index contributed by atoms with van der Waals surface area (Å²) in [5.74, 6) is 0.156. The molecule has 4 aromatic rings. The van der Waals surface area contributed by atoms with Gasteiger partial charge in [0.1, 0.15) is 35.6 Å². The van der Waals surface area contributed by atoms with Gasteiger partial charge in [-0.05, 0) is 49.8 Å². The minimum Gasteiger partial charge on any atom is -0.486 e. The van der Waals surface area contributed by atoms with Gasteiger partial charge < -0.3 is 19.3 Å². The summed E-state index contributed by atoms with van der Waals surface area (Å²) in [6.45, 7) is 6.19. The molecule has 1 saturated carbocycles. The Kier molecular flexibility index (Phi) is 8.43. The van der Waals surface area contributed by atoms with E-state index in [9.17, 15) is 18.8 Å². The maximum atomic E-state index is 14.8. The van der Waals surface area contributed by atoms with Crippen molar-refractivity contribution in [1.29, 1.82) is 5.26 Å². The lowest BCUT2D eigenvalue weighted by atomic mass is 9.95. The number of rotatable bonds is 9. The van der Waals surface area contributed by atoms with Gasteiger partial charge in [-0.25, -0.2) is 8.78 Å². The Morgan fingerprint density at radius 1 is 1.18 bits per heavy atom. The van der Waals surface area contributed by atoms with E-state index in [1.807, 2.05) is 23.1 Å². The Balaban J connectivity index is 1.28. The number of hydrogen-bond donors (Lipinski definition) is 0. The number of nitrogens with zero attached hydrogens (tertiary/aromatic N) is 7. The van der Waals surface area contributed by atoms with Crippen LogP contribution in [0.4, 0.5) is 14.6 Å². The molecule has 258 valence electrons. The Bertz CT molecular complexity index is 2060. The Morgan fingerprint density at radius 3 is 2.84 bits per heavy atom. The molecule has 4 aliphatic rings. The van der Waals surface area contributed by atoms with Gasteiger partial charge in [0, 0.05) is 49.7 Å². The molecule has 3 aliphatic heterocycles. The first-order valence-electron chi connectivity index (χ1n) is 17.1. The van der Waals surface area contributed by atoms with Crippen LogP contribution in [0.2, 0.25) is 5.02 Å². The minimum atomic E-state index is -0.914. The normalized spacial score (nSPS) is 23.6. The highest BCUT2D eigenvalue weighted by Crippen LogP contribution is 2.45. The van der Waals surface area contributed by atoms with E-state index >= 15 is 0 Å². The number of nitriles is 1. The molecule has 8 rings (SSSR count). The SMILES string of the molecule is C=CC(=O)N1CCN(c2nc(OC[C@@]34CCCN3C[C@H](F)C4)nc3c(OC4CC4)c(-c4cccc5ccc(F)c(Cl)c45)ncc23)C[C@@H]1CC#N. The van der Waals surface area contributed by atoms with Crippen LogP contribution in [0, 0.1) is 17.1 Å². The fourth-order valence-corrected chi connectivity index (χ4v) is 8.15. The van der Waals surface area contributed by atoms with Crippen molar-refractivity contribution in [2.45, 2.75) is 62.4 Å². The molecule has 0 spiro atoms. The molecule has 0 unspecified atom stereocenters. The zero-order valence-corrected chi connectivity index (χ0v) is 28.2. The van der Waals surface area contributed by atoms with E-state index in [0.717, 1.165) is 37.6 Å². The molecule has 10 nitrogen and oxygen atoms in total. The molecule has 5 heterocycles. The lowest BCUT2D eigenvalue weighted by molar-refractivity contribution is -0.128. The van der Waals surface area contributed by atoms with E-state index in [0.29, 0.717) is 71.7 Å². The highest BCUT2D eigenvalue weighted by atomic mass is 35.5. The molecule has 4 fully saturated rings. The summed E-state index contributed by atoms with van der Waals surface area (Å²) in [7, 11) is 0. The number of aromatic nitrogens is 3. The number of ether oxygens (including phenoxy) is 2. The number of benzene rings is 2. The van der Waals surface area contributed by atoms with Crippen molar-refractivity contribution in [3.8, 4) is 29.1 Å². The molecule has 1 amide bonds. The third-order valence-electron chi connectivity index (χ3n) is 10.5. The number of amides is 1. The summed E-state index contributed by atoms with van der Waals surface area (Å²) in [5.41, 5.74) is 1.09. The summed E-state index contributed by atoms with van der Waals surface area (Å²) in [5, 5.41) is 11.5. The number of carbonyl (C=O) groups is 1. The van der Waals surface area contributed by atoms with Crippen molar-refractivity contribution in [3.05, 3.63) is 60.0 Å². The number of alkyl halides is 1. The van der Waals surface area contributed by atoms with Crippen molar-refractivity contribution in [1.82, 2.24) is 24.8 Å². The average Bonchev–Trinajstić information content (AvgIpc) is 3.78. The van der Waals surface area contributed by atoms with E-state index in [1.165, 1.54) is 12.1 Å². The fraction of sp³-hybridized carbons (Fsp3) is 0.432. The summed E-state index contributed by atoms with van der Waals surface area (Å²) in [6.07, 6.45) is 6.02. The predicted molar refractivity (Wildman–Crippen MR) is 186 cm³/mol. The number of fused-ring (bicyclic) bond motifs is 3. The second-order valence-corrected chi connectivity index (χ2v) is 14.1. The third-order valence-corrected chi connectivity index (χ3v) is 10.8. The first-order valence-corrected chi connectivity index (χ1v) is 17.5. The smallest absolute Gasteiger partial charge is 0.319 e. The molecule has 2 aromatic heterocycles. The second kappa shape index (κ2) is 12.9. The molecule has 50 heavy (non-hydrogen) atoms. The zero-order valence-electron chi connectivity index (χ0n) is 27.5. The van der Waals surface area contributed by atoms with Gasteiger partial charge in [0.2, 0.25) is 5.91 Å². The van der Waals surface area contributed by atoms with Crippen LogP contribution >= 0.6 is 11.6 Å². The molecular weight excluding hydrogens is 664 g/mol. The minimum absolute atomic E-state index is 0.0108. The van der Waals surface area contributed by atoms with E-state index < -0.39 is 23.6 Å². The summed E-state index contributed by atoms with van der Waals surface area (Å²) in [6, 6.07) is 10.5. The van der Waals surface area contributed by atoms with Gasteiger partial charge in [0.25, 0.3) is 0 Å². The van der Waals surface area contributed by atoms with Gasteiger partial charge in [-0.15, -0.1) is 0 Å². The quantitative estimate of drug-likeness (QED) is 0.187. The average molecular weight is 700 g/mol. The number of piperazine rings is 1. The first-order chi connectivity index (χ1) is 24.3. The molecule has 3 saturated heterocycles. The maximum absolute atomic E-state index is 14.8. The number of hydrogen-bond acceptors (Lipinski definition) is 9. The predicted octanol–water partition coefficient (Wildman–Crippen LogP) is 6.25. The van der Waals surface area contributed by atoms with Crippen molar-refractivity contribution < 1.29 is 23.0 Å². The maximum Gasteiger partial charge on any atom is 0.319 e. The molecule has 0 radical (unpaired) electrons. The van der Waals surface area contributed by atoms with Crippen LogP contribution in [0.15, 0.2) is 49.2 Å². The van der Waals surface area contributed by atoms with Gasteiger partial charge in [0.15, 0.2) is 5.75 Å². The van der Waals surface area contributed by atoms with E-state index in [2.05, 4.69) is 17.5 Å². The lowest BCUT2D eigenvalue weighted by Gasteiger charge is -2.41. The number of carbonyl (C=O) groups excluding carboxylic acids is 1. The van der Waals surface area contributed by atoms with Crippen LogP contribution in [0.1, 0.15) is 38.5 Å². The van der Waals surface area contributed by atoms with E-state index in [4.69, 9.17) is 36.0 Å². The van der Waals surface area contributed by atoms with Crippen molar-refractivity contribution in [2.75, 3.05) is 44.2 Å². The highest BCUT2D eigenvalue weighted by Gasteiger charge is 2.49. The van der Waals surface area contributed by atoms with Crippen LogP contribution in [0.5, 0.6) is 11.8 Å². The Hall–Kier alpha value is -4.60. The molecule has 2 aromatic carbocycles. The second-order valence-electron chi connectivity index (χ2n) is 13.7. The van der Waals surface area contributed by atoms with Gasteiger partial charge >= 0.3 is 6.01 Å². The molecule has 3 atom stereocenters. The molecule has 0 bridgehead atoms.